The lowest BCUT2D eigenvalue weighted by atomic mass is 10.1. The van der Waals surface area contributed by atoms with Crippen LogP contribution in [0.3, 0.4) is 0 Å². The molecule has 0 spiro atoms. The van der Waals surface area contributed by atoms with Crippen molar-refractivity contribution in [3.05, 3.63) is 23.9 Å². The highest BCUT2D eigenvalue weighted by atomic mass is 16.6. The van der Waals surface area contributed by atoms with Gasteiger partial charge in [-0.05, 0) is 45.7 Å². The summed E-state index contributed by atoms with van der Waals surface area (Å²) in [7, 11) is 0. The molecule has 2 bridgehead atoms. The van der Waals surface area contributed by atoms with Crippen LogP contribution in [0.25, 0.3) is 0 Å². The predicted molar refractivity (Wildman–Crippen MR) is 104 cm³/mol. The van der Waals surface area contributed by atoms with Gasteiger partial charge in [0, 0.05) is 44.3 Å². The average molecular weight is 385 g/mol. The van der Waals surface area contributed by atoms with E-state index in [2.05, 4.69) is 21.3 Å². The van der Waals surface area contributed by atoms with Gasteiger partial charge < -0.3 is 19.9 Å². The molecule has 8 heteroatoms. The number of likely N-dealkylation sites (tertiary alicyclic amines) is 1. The molecule has 1 aromatic rings. The molecule has 3 rings (SSSR count). The zero-order valence-corrected chi connectivity index (χ0v) is 16.6. The number of pyridine rings is 1. The number of hydrogen-bond donors (Lipinski definition) is 1. The third-order valence-corrected chi connectivity index (χ3v) is 4.98. The molecule has 1 N–H and O–H groups in total. The Morgan fingerprint density at radius 3 is 2.50 bits per heavy atom. The Bertz CT molecular complexity index is 752. The maximum absolute atomic E-state index is 12.6. The number of nitrogens with zero attached hydrogens (tertiary/aromatic N) is 4. The average Bonchev–Trinajstić information content (AvgIpc) is 2.89. The van der Waals surface area contributed by atoms with Gasteiger partial charge in [0.1, 0.15) is 17.5 Å². The van der Waals surface area contributed by atoms with Gasteiger partial charge in [0.15, 0.2) is 0 Å². The van der Waals surface area contributed by atoms with E-state index in [0.717, 1.165) is 18.7 Å². The number of nitrogens with one attached hydrogen (secondary N) is 1. The van der Waals surface area contributed by atoms with Crippen molar-refractivity contribution in [2.75, 3.05) is 24.5 Å². The van der Waals surface area contributed by atoms with E-state index in [9.17, 15) is 9.59 Å². The fraction of sp³-hybridized carbons (Fsp3) is 0.600. The Kier molecular flexibility index (Phi) is 5.73. The molecule has 2 atom stereocenters. The van der Waals surface area contributed by atoms with Crippen molar-refractivity contribution in [1.82, 2.24) is 15.2 Å². The highest BCUT2D eigenvalue weighted by Gasteiger charge is 2.41. The van der Waals surface area contributed by atoms with Crippen molar-refractivity contribution < 1.29 is 14.3 Å². The summed E-state index contributed by atoms with van der Waals surface area (Å²) in [5, 5.41) is 11.6. The number of amides is 2. The molecule has 0 aromatic carbocycles. The third kappa shape index (κ3) is 4.71. The topological polar surface area (TPSA) is 98.6 Å². The van der Waals surface area contributed by atoms with Crippen molar-refractivity contribution in [3.63, 3.8) is 0 Å². The summed E-state index contributed by atoms with van der Waals surface area (Å²) in [6.07, 6.45) is 3.39. The van der Waals surface area contributed by atoms with Gasteiger partial charge in [-0.15, -0.1) is 0 Å². The van der Waals surface area contributed by atoms with Gasteiger partial charge in [0.25, 0.3) is 0 Å². The van der Waals surface area contributed by atoms with Crippen molar-refractivity contribution in [1.29, 1.82) is 5.26 Å². The number of piperazine rings is 1. The minimum Gasteiger partial charge on any atom is -0.444 e. The molecule has 0 radical (unpaired) electrons. The Morgan fingerprint density at radius 1 is 1.29 bits per heavy atom. The highest BCUT2D eigenvalue weighted by Crippen LogP contribution is 2.34. The summed E-state index contributed by atoms with van der Waals surface area (Å²) >= 11 is 0. The van der Waals surface area contributed by atoms with Crippen LogP contribution in [-0.2, 0) is 9.53 Å². The van der Waals surface area contributed by atoms with E-state index in [1.165, 1.54) is 0 Å². The normalized spacial score (nSPS) is 21.2. The Labute approximate surface area is 165 Å². The van der Waals surface area contributed by atoms with Gasteiger partial charge >= 0.3 is 6.09 Å². The number of rotatable bonds is 4. The Hall–Kier alpha value is -2.82. The lowest BCUT2D eigenvalue weighted by Crippen LogP contribution is -2.56. The molecule has 3 heterocycles. The first-order valence-corrected chi connectivity index (χ1v) is 9.66. The van der Waals surface area contributed by atoms with Gasteiger partial charge in [0.2, 0.25) is 5.91 Å². The summed E-state index contributed by atoms with van der Waals surface area (Å²) in [5.41, 5.74) is -0.00860. The summed E-state index contributed by atoms with van der Waals surface area (Å²) in [6, 6.07) is 6.22. The van der Waals surface area contributed by atoms with E-state index < -0.39 is 11.7 Å². The Morgan fingerprint density at radius 2 is 1.96 bits per heavy atom. The summed E-state index contributed by atoms with van der Waals surface area (Å²) < 4.78 is 5.18. The lowest BCUT2D eigenvalue weighted by Gasteiger charge is -2.41. The van der Waals surface area contributed by atoms with Crippen molar-refractivity contribution in [2.45, 2.75) is 57.7 Å². The summed E-state index contributed by atoms with van der Waals surface area (Å²) in [6.45, 7) is 6.98. The van der Waals surface area contributed by atoms with E-state index >= 15 is 0 Å². The van der Waals surface area contributed by atoms with Gasteiger partial charge in [-0.25, -0.2) is 9.78 Å². The highest BCUT2D eigenvalue weighted by molar-refractivity contribution is 5.78. The van der Waals surface area contributed by atoms with Crippen LogP contribution in [0.15, 0.2) is 18.3 Å². The van der Waals surface area contributed by atoms with Crippen LogP contribution in [-0.4, -0.2) is 59.2 Å². The third-order valence-electron chi connectivity index (χ3n) is 4.98. The maximum Gasteiger partial charge on any atom is 0.407 e. The van der Waals surface area contributed by atoms with Crippen molar-refractivity contribution in [3.8, 4) is 6.07 Å². The number of hydrogen-bond acceptors (Lipinski definition) is 6. The van der Waals surface area contributed by atoms with Gasteiger partial charge in [-0.1, -0.05) is 0 Å². The van der Waals surface area contributed by atoms with Crippen LogP contribution in [0.2, 0.25) is 0 Å². The molecule has 28 heavy (non-hydrogen) atoms. The Balaban J connectivity index is 1.51. The SMILES string of the molecule is CC(C)(C)OC(=O)NCCC(=O)N1CC2CCC(C1)N2c1ccc(C#N)cn1. The number of ether oxygens (including phenoxy) is 1. The molecular formula is C20H27N5O3. The number of anilines is 1. The zero-order valence-electron chi connectivity index (χ0n) is 16.6. The quantitative estimate of drug-likeness (QED) is 0.852. The molecular weight excluding hydrogens is 358 g/mol. The van der Waals surface area contributed by atoms with E-state index in [1.54, 1.807) is 33.0 Å². The van der Waals surface area contributed by atoms with Gasteiger partial charge in [0.05, 0.1) is 5.56 Å². The fourth-order valence-electron chi connectivity index (χ4n) is 3.83. The van der Waals surface area contributed by atoms with E-state index in [-0.39, 0.29) is 31.0 Å². The lowest BCUT2D eigenvalue weighted by molar-refractivity contribution is -0.132. The molecule has 2 aliphatic heterocycles. The summed E-state index contributed by atoms with van der Waals surface area (Å²) in [5.74, 6) is 0.908. The first-order valence-electron chi connectivity index (χ1n) is 9.66. The summed E-state index contributed by atoms with van der Waals surface area (Å²) in [4.78, 5) is 32.8. The number of carbonyl (C=O) groups excluding carboxylic acids is 2. The number of fused-ring (bicyclic) bond motifs is 2. The smallest absolute Gasteiger partial charge is 0.407 e. The number of alkyl carbamates (subject to hydrolysis) is 1. The first-order chi connectivity index (χ1) is 13.3. The monoisotopic (exact) mass is 385 g/mol. The van der Waals surface area contributed by atoms with Gasteiger partial charge in [-0.2, -0.15) is 5.26 Å². The minimum absolute atomic E-state index is 0.0420. The van der Waals surface area contributed by atoms with Crippen molar-refractivity contribution >= 4 is 17.8 Å². The van der Waals surface area contributed by atoms with Crippen LogP contribution in [0, 0.1) is 11.3 Å². The molecule has 2 amide bonds. The van der Waals surface area contributed by atoms with E-state index in [0.29, 0.717) is 18.7 Å². The number of carbonyl (C=O) groups is 2. The first kappa shape index (κ1) is 19.9. The second-order valence-corrected chi connectivity index (χ2v) is 8.29. The van der Waals surface area contributed by atoms with Crippen LogP contribution in [0.1, 0.15) is 45.6 Å². The molecule has 1 aromatic heterocycles. The molecule has 0 saturated carbocycles. The minimum atomic E-state index is -0.552. The van der Waals surface area contributed by atoms with E-state index in [4.69, 9.17) is 10.00 Å². The second-order valence-electron chi connectivity index (χ2n) is 8.29. The fourth-order valence-corrected chi connectivity index (χ4v) is 3.83. The van der Waals surface area contributed by atoms with Crippen LogP contribution >= 0.6 is 0 Å². The predicted octanol–water partition coefficient (Wildman–Crippen LogP) is 2.05. The molecule has 2 fully saturated rings. The molecule has 2 unspecified atom stereocenters. The van der Waals surface area contributed by atoms with Crippen LogP contribution < -0.4 is 10.2 Å². The zero-order chi connectivity index (χ0) is 20.3. The van der Waals surface area contributed by atoms with Crippen LogP contribution in [0.5, 0.6) is 0 Å². The largest absolute Gasteiger partial charge is 0.444 e. The molecule has 2 saturated heterocycles. The van der Waals surface area contributed by atoms with E-state index in [1.807, 2.05) is 11.0 Å². The van der Waals surface area contributed by atoms with Gasteiger partial charge in [-0.3, -0.25) is 4.79 Å². The molecule has 2 aliphatic rings. The molecule has 150 valence electrons. The molecule has 8 nitrogen and oxygen atoms in total. The standard InChI is InChI=1S/C20H27N5O3/c1-20(2,3)28-19(27)22-9-8-18(26)24-12-15-5-6-16(13-24)25(15)17-7-4-14(10-21)11-23-17/h4,7,11,15-16H,5-6,8-9,12-13H2,1-3H3,(H,22,27). The van der Waals surface area contributed by atoms with Crippen molar-refractivity contribution in [2.24, 2.45) is 0 Å². The maximum atomic E-state index is 12.6. The second kappa shape index (κ2) is 8.05. The number of aromatic nitrogens is 1. The molecule has 0 aliphatic carbocycles. The van der Waals surface area contributed by atoms with Crippen LogP contribution in [0.4, 0.5) is 10.6 Å². The number of nitriles is 1.